The van der Waals surface area contributed by atoms with Crippen molar-refractivity contribution in [1.29, 1.82) is 0 Å². The summed E-state index contributed by atoms with van der Waals surface area (Å²) in [6.07, 6.45) is 0. The van der Waals surface area contributed by atoms with Crippen molar-refractivity contribution in [3.05, 3.63) is 52.0 Å². The van der Waals surface area contributed by atoms with Gasteiger partial charge in [-0.15, -0.1) is 0 Å². The Kier molecular flexibility index (Phi) is 5.12. The first kappa shape index (κ1) is 16.6. The van der Waals surface area contributed by atoms with Crippen LogP contribution in [0.1, 0.15) is 5.56 Å². The molecule has 1 aliphatic rings. The fraction of sp³-hybridized carbons (Fsp3) is 0.333. The van der Waals surface area contributed by atoms with Gasteiger partial charge < -0.3 is 14.9 Å². The molecule has 1 heterocycles. The number of piperazine rings is 1. The molecule has 2 aromatic carbocycles. The van der Waals surface area contributed by atoms with Crippen LogP contribution in [0, 0.1) is 6.07 Å². The average molecular weight is 350 g/mol. The van der Waals surface area contributed by atoms with E-state index in [-0.39, 0.29) is 6.61 Å². The van der Waals surface area contributed by atoms with E-state index < -0.39 is 0 Å². The SMILES string of the molecule is CN1CCN(c2cc(-c3c(Cl)cccc3Cl)c[c]c2CO)CC1. The number of aliphatic hydroxyl groups is 1. The molecule has 121 valence electrons. The number of nitrogens with zero attached hydrogens (tertiary/aromatic N) is 2. The van der Waals surface area contributed by atoms with Gasteiger partial charge in [0.15, 0.2) is 0 Å². The summed E-state index contributed by atoms with van der Waals surface area (Å²) < 4.78 is 0. The number of hydrogen-bond donors (Lipinski definition) is 1. The predicted molar refractivity (Wildman–Crippen MR) is 96.4 cm³/mol. The Balaban J connectivity index is 2.02. The van der Waals surface area contributed by atoms with Crippen LogP contribution in [0.5, 0.6) is 0 Å². The van der Waals surface area contributed by atoms with E-state index >= 15 is 0 Å². The first-order valence-electron chi connectivity index (χ1n) is 7.63. The molecular formula is C18H19Cl2N2O. The molecule has 0 saturated carbocycles. The molecule has 1 radical (unpaired) electrons. The minimum Gasteiger partial charge on any atom is -0.392 e. The third-order valence-corrected chi connectivity index (χ3v) is 4.89. The highest BCUT2D eigenvalue weighted by molar-refractivity contribution is 6.39. The van der Waals surface area contributed by atoms with Crippen LogP contribution < -0.4 is 4.90 Å². The zero-order valence-electron chi connectivity index (χ0n) is 13.0. The summed E-state index contributed by atoms with van der Waals surface area (Å²) in [5.41, 5.74) is 3.55. The largest absolute Gasteiger partial charge is 0.392 e. The number of halogens is 2. The summed E-state index contributed by atoms with van der Waals surface area (Å²) >= 11 is 12.7. The molecule has 1 saturated heterocycles. The molecule has 2 aromatic rings. The van der Waals surface area contributed by atoms with Crippen LogP contribution in [0.25, 0.3) is 11.1 Å². The van der Waals surface area contributed by atoms with Gasteiger partial charge in [-0.2, -0.15) is 0 Å². The van der Waals surface area contributed by atoms with Gasteiger partial charge in [-0.05, 0) is 42.9 Å². The van der Waals surface area contributed by atoms with Gasteiger partial charge in [-0.25, -0.2) is 0 Å². The molecule has 3 nitrogen and oxygen atoms in total. The Morgan fingerprint density at radius 2 is 1.78 bits per heavy atom. The highest BCUT2D eigenvalue weighted by Gasteiger charge is 2.18. The normalized spacial score (nSPS) is 15.9. The zero-order chi connectivity index (χ0) is 16.4. The van der Waals surface area contributed by atoms with Gasteiger partial charge in [-0.3, -0.25) is 0 Å². The summed E-state index contributed by atoms with van der Waals surface area (Å²) in [7, 11) is 2.12. The standard InChI is InChI=1S/C18H19Cl2N2O/c1-21-7-9-22(10-8-21)17-11-13(5-6-14(17)12-23)18-15(19)3-2-4-16(18)20/h2-5,11,23H,7-10,12H2,1H3. The van der Waals surface area contributed by atoms with E-state index in [0.717, 1.165) is 48.6 Å². The van der Waals surface area contributed by atoms with Crippen molar-refractivity contribution in [1.82, 2.24) is 4.90 Å². The topological polar surface area (TPSA) is 26.7 Å². The molecule has 0 spiro atoms. The molecule has 1 N–H and O–H groups in total. The molecule has 0 atom stereocenters. The Labute approximate surface area is 147 Å². The van der Waals surface area contributed by atoms with Crippen LogP contribution in [0.3, 0.4) is 0 Å². The average Bonchev–Trinajstić information content (AvgIpc) is 2.55. The van der Waals surface area contributed by atoms with Crippen molar-refractivity contribution in [3.8, 4) is 11.1 Å². The van der Waals surface area contributed by atoms with E-state index in [0.29, 0.717) is 10.0 Å². The highest BCUT2D eigenvalue weighted by atomic mass is 35.5. The molecule has 0 amide bonds. The maximum atomic E-state index is 9.65. The van der Waals surface area contributed by atoms with E-state index in [9.17, 15) is 5.11 Å². The van der Waals surface area contributed by atoms with Gasteiger partial charge in [0.05, 0.1) is 6.61 Å². The van der Waals surface area contributed by atoms with Crippen molar-refractivity contribution < 1.29 is 5.11 Å². The number of rotatable bonds is 3. The van der Waals surface area contributed by atoms with Crippen LogP contribution in [0.2, 0.25) is 10.0 Å². The van der Waals surface area contributed by atoms with Gasteiger partial charge in [0.2, 0.25) is 0 Å². The molecule has 1 aliphatic heterocycles. The number of aliphatic hydroxyl groups excluding tert-OH is 1. The van der Waals surface area contributed by atoms with Crippen LogP contribution in [-0.4, -0.2) is 43.2 Å². The van der Waals surface area contributed by atoms with E-state index in [1.54, 1.807) is 0 Å². The quantitative estimate of drug-likeness (QED) is 0.914. The van der Waals surface area contributed by atoms with Crippen molar-refractivity contribution in [2.24, 2.45) is 0 Å². The lowest BCUT2D eigenvalue weighted by Gasteiger charge is -2.35. The number of likely N-dealkylation sites (N-methyl/N-ethyl adjacent to an activating group) is 1. The first-order valence-corrected chi connectivity index (χ1v) is 8.39. The van der Waals surface area contributed by atoms with Crippen LogP contribution in [-0.2, 0) is 6.61 Å². The monoisotopic (exact) mass is 349 g/mol. The second kappa shape index (κ2) is 7.10. The number of hydrogen-bond acceptors (Lipinski definition) is 3. The van der Waals surface area contributed by atoms with Gasteiger partial charge in [0.1, 0.15) is 0 Å². The minimum absolute atomic E-state index is 0.0296. The van der Waals surface area contributed by atoms with Crippen molar-refractivity contribution >= 4 is 28.9 Å². The Hall–Kier alpha value is -1.26. The van der Waals surface area contributed by atoms with Crippen LogP contribution >= 0.6 is 23.2 Å². The number of anilines is 1. The summed E-state index contributed by atoms with van der Waals surface area (Å²) in [6.45, 7) is 3.83. The third kappa shape index (κ3) is 3.48. The Bertz CT molecular complexity index is 677. The lowest BCUT2D eigenvalue weighted by molar-refractivity contribution is 0.280. The van der Waals surface area contributed by atoms with Crippen molar-refractivity contribution in [3.63, 3.8) is 0 Å². The van der Waals surface area contributed by atoms with E-state index in [1.165, 1.54) is 0 Å². The summed E-state index contributed by atoms with van der Waals surface area (Å²) in [5.74, 6) is 0. The molecule has 1 fully saturated rings. The van der Waals surface area contributed by atoms with E-state index in [1.807, 2.05) is 24.3 Å². The van der Waals surface area contributed by atoms with Crippen LogP contribution in [0.15, 0.2) is 30.3 Å². The maximum Gasteiger partial charge on any atom is 0.0708 e. The summed E-state index contributed by atoms with van der Waals surface area (Å²) in [6, 6.07) is 12.6. The third-order valence-electron chi connectivity index (χ3n) is 4.26. The molecule has 5 heteroatoms. The molecule has 0 aliphatic carbocycles. The van der Waals surface area contributed by atoms with E-state index in [4.69, 9.17) is 23.2 Å². The fourth-order valence-electron chi connectivity index (χ4n) is 2.89. The molecular weight excluding hydrogens is 331 g/mol. The summed E-state index contributed by atoms with van der Waals surface area (Å²) in [4.78, 5) is 4.59. The van der Waals surface area contributed by atoms with Gasteiger partial charge in [-0.1, -0.05) is 29.3 Å². The lowest BCUT2D eigenvalue weighted by Crippen LogP contribution is -2.44. The molecule has 3 rings (SSSR count). The second-order valence-corrected chi connectivity index (χ2v) is 6.61. The maximum absolute atomic E-state index is 9.65. The predicted octanol–water partition coefficient (Wildman–Crippen LogP) is 3.70. The lowest BCUT2D eigenvalue weighted by atomic mass is 10.0. The molecule has 0 unspecified atom stereocenters. The van der Waals surface area contributed by atoms with Crippen molar-refractivity contribution in [2.45, 2.75) is 6.61 Å². The van der Waals surface area contributed by atoms with Crippen LogP contribution in [0.4, 0.5) is 5.69 Å². The summed E-state index contributed by atoms with van der Waals surface area (Å²) in [5, 5.41) is 10.9. The van der Waals surface area contributed by atoms with E-state index in [2.05, 4.69) is 29.0 Å². The van der Waals surface area contributed by atoms with Crippen molar-refractivity contribution in [2.75, 3.05) is 38.1 Å². The molecule has 0 aromatic heterocycles. The minimum atomic E-state index is -0.0296. The molecule has 23 heavy (non-hydrogen) atoms. The Morgan fingerprint density at radius 3 is 2.39 bits per heavy atom. The number of benzene rings is 2. The Morgan fingerprint density at radius 1 is 1.13 bits per heavy atom. The second-order valence-electron chi connectivity index (χ2n) is 5.80. The van der Waals surface area contributed by atoms with Gasteiger partial charge in [0.25, 0.3) is 0 Å². The zero-order valence-corrected chi connectivity index (χ0v) is 14.5. The molecule has 0 bridgehead atoms. The first-order chi connectivity index (χ1) is 11.1. The van der Waals surface area contributed by atoms with Gasteiger partial charge in [0, 0.05) is 53.0 Å². The fourth-order valence-corrected chi connectivity index (χ4v) is 3.50. The highest BCUT2D eigenvalue weighted by Crippen LogP contribution is 2.37. The van der Waals surface area contributed by atoms with Gasteiger partial charge >= 0.3 is 0 Å². The smallest absolute Gasteiger partial charge is 0.0708 e.